The van der Waals surface area contributed by atoms with E-state index in [0.717, 1.165) is 0 Å². The molecular formula is IKOS2. The Kier molecular flexibility index (Phi) is 22.0. The molecule has 0 aromatic rings. The van der Waals surface area contributed by atoms with Crippen LogP contribution < -0.4 is 51.4 Å². The van der Waals surface area contributed by atoms with Crippen LogP contribution in [0.1, 0.15) is 0 Å². The first-order valence-corrected chi connectivity index (χ1v) is 5.11. The molecule has 5 heteroatoms. The molecule has 0 unspecified atom stereocenters. The standard InChI is InChI=1S/HIOS2.K/c1-3-4-2;/h2H;/q;+1/p-1. The van der Waals surface area contributed by atoms with E-state index >= 15 is 0 Å². The molecule has 0 aliphatic rings. The van der Waals surface area contributed by atoms with Crippen molar-refractivity contribution in [1.29, 1.82) is 0 Å². The summed E-state index contributed by atoms with van der Waals surface area (Å²) in [6.07, 6.45) is 0. The normalized spacial score (nSPS) is 6.00. The van der Waals surface area contributed by atoms with Gasteiger partial charge in [-0.2, -0.15) is 11.1 Å². The Morgan fingerprint density at radius 1 is 1.60 bits per heavy atom. The second-order valence-electron chi connectivity index (χ2n) is 0.131. The van der Waals surface area contributed by atoms with Crippen molar-refractivity contribution in [2.45, 2.75) is 0 Å². The van der Waals surface area contributed by atoms with Crippen LogP contribution in [0, 0.1) is 0 Å². The quantitative estimate of drug-likeness (QED) is 0.253. The zero-order valence-electron chi connectivity index (χ0n) is 2.60. The van der Waals surface area contributed by atoms with Crippen LogP contribution in [0.25, 0.3) is 0 Å². The molecular weight excluding hydrogens is 246 g/mol. The van der Waals surface area contributed by atoms with Gasteiger partial charge in [0.1, 0.15) is 0 Å². The maximum Gasteiger partial charge on any atom is 1.00 e. The van der Waals surface area contributed by atoms with E-state index in [1.807, 2.05) is 21.2 Å². The molecule has 0 spiro atoms. The van der Waals surface area contributed by atoms with Gasteiger partial charge in [0.25, 0.3) is 0 Å². The van der Waals surface area contributed by atoms with E-state index < -0.39 is 0 Å². The molecule has 0 rings (SSSR count). The average molecular weight is 246 g/mol. The van der Waals surface area contributed by atoms with E-state index in [1.165, 1.54) is 7.97 Å². The van der Waals surface area contributed by atoms with Gasteiger partial charge < -0.3 is 4.55 Å². The predicted molar refractivity (Wildman–Crippen MR) is 30.0 cm³/mol. The maximum atomic E-state index is 9.17. The van der Waals surface area contributed by atoms with E-state index in [-0.39, 0.29) is 51.4 Å². The third-order valence-corrected chi connectivity index (χ3v) is 1.55. The second kappa shape index (κ2) is 10.1. The van der Waals surface area contributed by atoms with Crippen LogP contribution in [0.2, 0.25) is 0 Å². The van der Waals surface area contributed by atoms with Gasteiger partial charge in [0.2, 0.25) is 0 Å². The van der Waals surface area contributed by atoms with Crippen molar-refractivity contribution in [2.75, 3.05) is 0 Å². The van der Waals surface area contributed by atoms with Gasteiger partial charge in [0.05, 0.1) is 0 Å². The van der Waals surface area contributed by atoms with Gasteiger partial charge in [0, 0.05) is 21.2 Å². The molecule has 0 radical (unpaired) electrons. The molecule has 0 aromatic carbocycles. The molecule has 0 heterocycles. The number of halogens is 1. The van der Waals surface area contributed by atoms with Crippen LogP contribution in [0.4, 0.5) is 0 Å². The van der Waals surface area contributed by atoms with E-state index in [9.17, 15) is 4.55 Å². The molecule has 0 aliphatic carbocycles. The van der Waals surface area contributed by atoms with Crippen molar-refractivity contribution in [3.63, 3.8) is 0 Å². The molecule has 0 saturated carbocycles. The Morgan fingerprint density at radius 2 is 1.80 bits per heavy atom. The fraction of sp³-hybridized carbons (Fsp3) is 0. The second-order valence-corrected chi connectivity index (χ2v) is 4.42. The summed E-state index contributed by atoms with van der Waals surface area (Å²) in [5, 5.41) is 0. The van der Waals surface area contributed by atoms with Crippen LogP contribution >= 0.6 is 40.2 Å². The van der Waals surface area contributed by atoms with E-state index in [2.05, 4.69) is 0 Å². The molecule has 5 heavy (non-hydrogen) atoms. The Labute approximate surface area is 93.7 Å². The zero-order chi connectivity index (χ0) is 3.41. The van der Waals surface area contributed by atoms with Gasteiger partial charge in [-0.25, -0.2) is 0 Å². The zero-order valence-corrected chi connectivity index (χ0v) is 9.52. The summed E-state index contributed by atoms with van der Waals surface area (Å²) in [5.74, 6) is 0. The summed E-state index contributed by atoms with van der Waals surface area (Å²) in [6.45, 7) is 0. The van der Waals surface area contributed by atoms with Crippen LogP contribution in [-0.4, -0.2) is 4.55 Å². The average Bonchev–Trinajstić information content (AvgIpc) is 1.37. The third kappa shape index (κ3) is 10.9. The molecule has 0 amide bonds. The van der Waals surface area contributed by atoms with Crippen LogP contribution in [0.15, 0.2) is 0 Å². The van der Waals surface area contributed by atoms with Gasteiger partial charge in [-0.3, -0.25) is 0 Å². The van der Waals surface area contributed by atoms with Crippen LogP contribution in [-0.2, 0) is 0 Å². The van der Waals surface area contributed by atoms with E-state index in [4.69, 9.17) is 0 Å². The molecule has 0 atom stereocenters. The van der Waals surface area contributed by atoms with Crippen molar-refractivity contribution in [2.24, 2.45) is 0 Å². The Bertz CT molecular complexity index is 11.6. The molecule has 0 aliphatic heterocycles. The number of hydrogen-bond acceptors (Lipinski definition) is 3. The minimum atomic E-state index is 0. The number of hydrogen-bond donors (Lipinski definition) is 0. The Morgan fingerprint density at radius 3 is 1.80 bits per heavy atom. The largest absolute Gasteiger partial charge is 1.00 e. The predicted octanol–water partition coefficient (Wildman–Crippen LogP) is -1.15. The van der Waals surface area contributed by atoms with Crippen LogP contribution in [0.3, 0.4) is 0 Å². The van der Waals surface area contributed by atoms with Gasteiger partial charge in [0.15, 0.2) is 0 Å². The Hall–Kier alpha value is 3.03. The van der Waals surface area contributed by atoms with Crippen molar-refractivity contribution in [1.82, 2.24) is 0 Å². The van der Waals surface area contributed by atoms with Gasteiger partial charge in [-0.05, 0) is 7.97 Å². The topological polar surface area (TPSA) is 23.1 Å². The van der Waals surface area contributed by atoms with Crippen molar-refractivity contribution < 1.29 is 55.9 Å². The van der Waals surface area contributed by atoms with E-state index in [0.29, 0.717) is 11.1 Å². The monoisotopic (exact) mass is 246 g/mol. The first-order chi connectivity index (χ1) is 1.91. The first-order valence-electron chi connectivity index (χ1n) is 0.488. The third-order valence-electron chi connectivity index (χ3n) is 0.0257. The SMILES string of the molecule is [K+].[O-]SSI. The molecule has 1 nitrogen and oxygen atoms in total. The minimum absolute atomic E-state index is 0. The smallest absolute Gasteiger partial charge is 0.790 e. The van der Waals surface area contributed by atoms with Crippen LogP contribution in [0.5, 0.6) is 0 Å². The fourth-order valence-corrected chi connectivity index (χ4v) is 0. The molecule has 26 valence electrons. The number of rotatable bonds is 1. The summed E-state index contributed by atoms with van der Waals surface area (Å²) >= 11 is 2.43. The summed E-state index contributed by atoms with van der Waals surface area (Å²) in [4.78, 5) is 0. The molecule has 0 aromatic heterocycles. The first kappa shape index (κ1) is 10.9. The molecule has 0 saturated heterocycles. The van der Waals surface area contributed by atoms with Gasteiger partial charge in [-0.1, -0.05) is 0 Å². The summed E-state index contributed by atoms with van der Waals surface area (Å²) < 4.78 is 9.17. The molecule has 0 fully saturated rings. The molecule has 0 bridgehead atoms. The van der Waals surface area contributed by atoms with E-state index in [1.54, 1.807) is 0 Å². The summed E-state index contributed by atoms with van der Waals surface area (Å²) in [7, 11) is 1.19. The van der Waals surface area contributed by atoms with Crippen molar-refractivity contribution in [3.05, 3.63) is 0 Å². The maximum absolute atomic E-state index is 9.17. The Balaban J connectivity index is 0. The minimum Gasteiger partial charge on any atom is -0.790 e. The fourth-order valence-electron chi connectivity index (χ4n) is 0. The molecule has 0 N–H and O–H groups in total. The summed E-state index contributed by atoms with van der Waals surface area (Å²) in [6, 6.07) is 0. The van der Waals surface area contributed by atoms with Gasteiger partial charge >= 0.3 is 51.4 Å². The van der Waals surface area contributed by atoms with Crippen molar-refractivity contribution >= 4 is 40.2 Å². The van der Waals surface area contributed by atoms with Crippen molar-refractivity contribution in [3.8, 4) is 0 Å². The summed E-state index contributed by atoms with van der Waals surface area (Å²) in [5.41, 5.74) is 0. The van der Waals surface area contributed by atoms with Gasteiger partial charge in [-0.15, -0.1) is 0 Å².